The number of rotatable bonds is 3. The van der Waals surface area contributed by atoms with Crippen LogP contribution in [0.5, 0.6) is 0 Å². The zero-order valence-electron chi connectivity index (χ0n) is 11.9. The molecule has 0 N–H and O–H groups in total. The number of hydrogen-bond donors (Lipinski definition) is 0. The molecule has 1 aliphatic heterocycles. The first kappa shape index (κ1) is 15.3. The first-order chi connectivity index (χ1) is 10.4. The molecule has 2 aromatic heterocycles. The van der Waals surface area contributed by atoms with E-state index in [9.17, 15) is 13.2 Å². The molecule has 0 aliphatic carbocycles. The Morgan fingerprint density at radius 3 is 2.55 bits per heavy atom. The number of aromatic nitrogens is 2. The van der Waals surface area contributed by atoms with Crippen LogP contribution in [-0.2, 0) is 12.7 Å². The third-order valence-electron chi connectivity index (χ3n) is 3.47. The van der Waals surface area contributed by atoms with Gasteiger partial charge in [-0.05, 0) is 6.92 Å². The molecule has 0 radical (unpaired) electrons. The fourth-order valence-corrected chi connectivity index (χ4v) is 3.19. The van der Waals surface area contributed by atoms with Crippen molar-refractivity contribution in [1.29, 1.82) is 0 Å². The summed E-state index contributed by atoms with van der Waals surface area (Å²) < 4.78 is 43.0. The topological polar surface area (TPSA) is 45.4 Å². The van der Waals surface area contributed by atoms with Crippen molar-refractivity contribution in [1.82, 2.24) is 15.0 Å². The average Bonchev–Trinajstić information content (AvgIpc) is 3.08. The summed E-state index contributed by atoms with van der Waals surface area (Å²) in [4.78, 5) is 7.33. The first-order valence-electron chi connectivity index (χ1n) is 6.84. The van der Waals surface area contributed by atoms with Crippen molar-refractivity contribution in [2.24, 2.45) is 0 Å². The molecule has 1 aliphatic rings. The summed E-state index contributed by atoms with van der Waals surface area (Å²) in [5.74, 6) is 0.805. The highest BCUT2D eigenvalue weighted by Gasteiger charge is 2.34. The van der Waals surface area contributed by atoms with E-state index >= 15 is 0 Å². The van der Waals surface area contributed by atoms with Crippen LogP contribution in [0.1, 0.15) is 16.3 Å². The van der Waals surface area contributed by atoms with Crippen LogP contribution in [0, 0.1) is 6.92 Å². The molecule has 9 heteroatoms. The molecule has 1 fully saturated rings. The standard InChI is InChI=1S/C13H15F3N4OS/c1-9-6-10(21-18-9)8-19-2-4-20(5-3-19)12-17-7-11(22-12)13(14,15)16/h6-7H,2-5,8H2,1H3. The van der Waals surface area contributed by atoms with E-state index in [0.717, 1.165) is 30.7 Å². The van der Waals surface area contributed by atoms with Crippen LogP contribution < -0.4 is 4.90 Å². The molecule has 0 bridgehead atoms. The summed E-state index contributed by atoms with van der Waals surface area (Å²) in [6.45, 7) is 5.34. The largest absolute Gasteiger partial charge is 0.427 e. The quantitative estimate of drug-likeness (QED) is 0.865. The third kappa shape index (κ3) is 3.41. The normalized spacial score (nSPS) is 17.2. The second-order valence-corrected chi connectivity index (χ2v) is 6.21. The summed E-state index contributed by atoms with van der Waals surface area (Å²) in [6.07, 6.45) is -3.41. The van der Waals surface area contributed by atoms with Gasteiger partial charge >= 0.3 is 6.18 Å². The van der Waals surface area contributed by atoms with Crippen molar-refractivity contribution in [3.05, 3.63) is 28.6 Å². The maximum Gasteiger partial charge on any atom is 0.427 e. The Labute approximate surface area is 129 Å². The molecule has 0 amide bonds. The number of alkyl halides is 3. The van der Waals surface area contributed by atoms with Crippen molar-refractivity contribution in [2.45, 2.75) is 19.6 Å². The van der Waals surface area contributed by atoms with Crippen LogP contribution in [0.25, 0.3) is 0 Å². The van der Waals surface area contributed by atoms with Gasteiger partial charge < -0.3 is 9.42 Å². The van der Waals surface area contributed by atoms with Gasteiger partial charge in [0.05, 0.1) is 18.4 Å². The highest BCUT2D eigenvalue weighted by Crippen LogP contribution is 2.36. The molecule has 3 rings (SSSR count). The number of hydrogen-bond acceptors (Lipinski definition) is 6. The number of piperazine rings is 1. The predicted molar refractivity (Wildman–Crippen MR) is 75.8 cm³/mol. The molecule has 0 aromatic carbocycles. The summed E-state index contributed by atoms with van der Waals surface area (Å²) in [5, 5.41) is 4.28. The van der Waals surface area contributed by atoms with E-state index in [1.165, 1.54) is 0 Å². The average molecular weight is 332 g/mol. The van der Waals surface area contributed by atoms with Gasteiger partial charge in [-0.3, -0.25) is 4.90 Å². The van der Waals surface area contributed by atoms with E-state index in [-0.39, 0.29) is 0 Å². The third-order valence-corrected chi connectivity index (χ3v) is 4.57. The van der Waals surface area contributed by atoms with Crippen molar-refractivity contribution < 1.29 is 17.7 Å². The van der Waals surface area contributed by atoms with Crippen LogP contribution in [0.2, 0.25) is 0 Å². The molecule has 120 valence electrons. The van der Waals surface area contributed by atoms with Gasteiger partial charge in [0.25, 0.3) is 0 Å². The van der Waals surface area contributed by atoms with Crippen LogP contribution >= 0.6 is 11.3 Å². The van der Waals surface area contributed by atoms with E-state index in [0.29, 0.717) is 36.1 Å². The highest BCUT2D eigenvalue weighted by molar-refractivity contribution is 7.15. The molecule has 0 unspecified atom stereocenters. The summed E-state index contributed by atoms with van der Waals surface area (Å²) in [6, 6.07) is 1.89. The molecule has 3 heterocycles. The van der Waals surface area contributed by atoms with Crippen molar-refractivity contribution >= 4 is 16.5 Å². The smallest absolute Gasteiger partial charge is 0.360 e. The molecular formula is C13H15F3N4OS. The number of anilines is 1. The maximum atomic E-state index is 12.6. The fourth-order valence-electron chi connectivity index (χ4n) is 2.35. The minimum Gasteiger partial charge on any atom is -0.360 e. The maximum absolute atomic E-state index is 12.6. The lowest BCUT2D eigenvalue weighted by Gasteiger charge is -2.33. The van der Waals surface area contributed by atoms with Gasteiger partial charge in [-0.15, -0.1) is 0 Å². The van der Waals surface area contributed by atoms with Crippen molar-refractivity contribution in [2.75, 3.05) is 31.1 Å². The summed E-state index contributed by atoms with van der Waals surface area (Å²) in [5.41, 5.74) is 0.844. The molecule has 5 nitrogen and oxygen atoms in total. The van der Waals surface area contributed by atoms with Crippen molar-refractivity contribution in [3.8, 4) is 0 Å². The minimum atomic E-state index is -4.32. The zero-order valence-corrected chi connectivity index (χ0v) is 12.7. The van der Waals surface area contributed by atoms with Gasteiger partial charge in [0.15, 0.2) is 10.9 Å². The number of aryl methyl sites for hydroxylation is 1. The van der Waals surface area contributed by atoms with E-state index in [4.69, 9.17) is 4.52 Å². The van der Waals surface area contributed by atoms with Crippen LogP contribution in [0.4, 0.5) is 18.3 Å². The van der Waals surface area contributed by atoms with E-state index < -0.39 is 11.1 Å². The molecule has 0 atom stereocenters. The molecule has 0 saturated carbocycles. The lowest BCUT2D eigenvalue weighted by molar-refractivity contribution is -0.134. The Kier molecular flexibility index (Phi) is 4.09. The fraction of sp³-hybridized carbons (Fsp3) is 0.538. The Hall–Kier alpha value is -1.61. The molecule has 2 aromatic rings. The Morgan fingerprint density at radius 2 is 2.00 bits per heavy atom. The van der Waals surface area contributed by atoms with Crippen molar-refractivity contribution in [3.63, 3.8) is 0 Å². The second-order valence-electron chi connectivity index (χ2n) is 5.20. The van der Waals surface area contributed by atoms with E-state index in [2.05, 4.69) is 15.0 Å². The summed E-state index contributed by atoms with van der Waals surface area (Å²) >= 11 is 0.698. The van der Waals surface area contributed by atoms with Gasteiger partial charge in [0.2, 0.25) is 0 Å². The number of thiazole rings is 1. The zero-order chi connectivity index (χ0) is 15.7. The van der Waals surface area contributed by atoms with Crippen LogP contribution in [-0.4, -0.2) is 41.2 Å². The SMILES string of the molecule is Cc1cc(CN2CCN(c3ncc(C(F)(F)F)s3)CC2)on1. The van der Waals surface area contributed by atoms with Gasteiger partial charge in [0, 0.05) is 32.2 Å². The Balaban J connectivity index is 1.56. The molecule has 22 heavy (non-hydrogen) atoms. The number of nitrogens with zero attached hydrogens (tertiary/aromatic N) is 4. The van der Waals surface area contributed by atoms with Crippen LogP contribution in [0.3, 0.4) is 0 Å². The lowest BCUT2D eigenvalue weighted by Crippen LogP contribution is -2.45. The lowest BCUT2D eigenvalue weighted by atomic mass is 10.3. The highest BCUT2D eigenvalue weighted by atomic mass is 32.1. The van der Waals surface area contributed by atoms with Gasteiger partial charge in [-0.25, -0.2) is 4.98 Å². The van der Waals surface area contributed by atoms with Gasteiger partial charge in [-0.2, -0.15) is 13.2 Å². The molecule has 0 spiro atoms. The second kappa shape index (κ2) is 5.88. The molecular weight excluding hydrogens is 317 g/mol. The van der Waals surface area contributed by atoms with E-state index in [1.807, 2.05) is 17.9 Å². The first-order valence-corrected chi connectivity index (χ1v) is 7.66. The number of halogens is 3. The molecule has 1 saturated heterocycles. The van der Waals surface area contributed by atoms with Crippen LogP contribution in [0.15, 0.2) is 16.8 Å². The Bertz CT molecular complexity index is 631. The Morgan fingerprint density at radius 1 is 1.27 bits per heavy atom. The van der Waals surface area contributed by atoms with Gasteiger partial charge in [-0.1, -0.05) is 16.5 Å². The predicted octanol–water partition coefficient (Wildman–Crippen LogP) is 2.78. The summed E-state index contributed by atoms with van der Waals surface area (Å²) in [7, 11) is 0. The van der Waals surface area contributed by atoms with Gasteiger partial charge in [0.1, 0.15) is 4.88 Å². The van der Waals surface area contributed by atoms with E-state index in [1.54, 1.807) is 0 Å². The minimum absolute atomic E-state index is 0.433. The monoisotopic (exact) mass is 332 g/mol.